The summed E-state index contributed by atoms with van der Waals surface area (Å²) in [6.45, 7) is 1.90. The number of hydrogen-bond donors (Lipinski definition) is 2. The molecular weight excluding hydrogens is 336 g/mol. The monoisotopic (exact) mass is 350 g/mol. The first-order valence-corrected chi connectivity index (χ1v) is 7.90. The third-order valence-electron chi connectivity index (χ3n) is 4.16. The quantitative estimate of drug-likeness (QED) is 0.491. The second kappa shape index (κ2) is 6.03. The predicted molar refractivity (Wildman–Crippen MR) is 96.1 cm³/mol. The third kappa shape index (κ3) is 2.69. The lowest BCUT2D eigenvalue weighted by atomic mass is 10.1. The standard InChI is InChI=1S/C19H14N2O5/c1-10-6-14-15(20-10)4-5-16(19(14)21-24)26-12-2-3-13-11(7-18(22)23)9-25-17(13)8-12/h2-6,8-9,20H,7H2,1H3,(H,22,23). The van der Waals surface area contributed by atoms with Gasteiger partial charge in [0.2, 0.25) is 0 Å². The average Bonchev–Trinajstić information content (AvgIpc) is 3.17. The average molecular weight is 350 g/mol. The number of carboxylic acid groups (broad SMARTS) is 1. The van der Waals surface area contributed by atoms with E-state index < -0.39 is 5.97 Å². The maximum atomic E-state index is 11.3. The largest absolute Gasteiger partial charge is 0.481 e. The highest BCUT2D eigenvalue weighted by Gasteiger charge is 2.14. The molecule has 0 radical (unpaired) electrons. The minimum absolute atomic E-state index is 0.115. The molecule has 0 bridgehead atoms. The van der Waals surface area contributed by atoms with Crippen molar-refractivity contribution < 1.29 is 19.1 Å². The summed E-state index contributed by atoms with van der Waals surface area (Å²) >= 11 is 0. The first-order chi connectivity index (χ1) is 12.5. The number of hydrogen-bond acceptors (Lipinski definition) is 5. The molecule has 7 nitrogen and oxygen atoms in total. The number of ether oxygens (including phenoxy) is 1. The number of carboxylic acids is 1. The first-order valence-electron chi connectivity index (χ1n) is 7.90. The van der Waals surface area contributed by atoms with Gasteiger partial charge in [-0.25, -0.2) is 0 Å². The molecule has 130 valence electrons. The van der Waals surface area contributed by atoms with Gasteiger partial charge in [0, 0.05) is 33.6 Å². The van der Waals surface area contributed by atoms with Gasteiger partial charge in [0.25, 0.3) is 0 Å². The van der Waals surface area contributed by atoms with Crippen molar-refractivity contribution in [3.63, 3.8) is 0 Å². The molecule has 0 unspecified atom stereocenters. The topological polar surface area (TPSA) is 105 Å². The van der Waals surface area contributed by atoms with Crippen molar-refractivity contribution in [1.29, 1.82) is 0 Å². The Morgan fingerprint density at radius 2 is 2.08 bits per heavy atom. The molecule has 2 N–H and O–H groups in total. The molecule has 2 heterocycles. The van der Waals surface area contributed by atoms with Gasteiger partial charge in [-0.1, -0.05) is 0 Å². The fourth-order valence-electron chi connectivity index (χ4n) is 3.04. The molecule has 2 aromatic carbocycles. The van der Waals surface area contributed by atoms with Crippen LogP contribution < -0.4 is 4.74 Å². The highest BCUT2D eigenvalue weighted by molar-refractivity contribution is 5.94. The minimum Gasteiger partial charge on any atom is -0.481 e. The summed E-state index contributed by atoms with van der Waals surface area (Å²) in [5.74, 6) is -0.127. The van der Waals surface area contributed by atoms with Crippen molar-refractivity contribution in [2.45, 2.75) is 13.3 Å². The van der Waals surface area contributed by atoms with Crippen LogP contribution in [-0.4, -0.2) is 16.1 Å². The summed E-state index contributed by atoms with van der Waals surface area (Å²) in [7, 11) is 0. The Kier molecular flexibility index (Phi) is 3.69. The molecule has 0 aliphatic heterocycles. The minimum atomic E-state index is -0.926. The van der Waals surface area contributed by atoms with E-state index in [9.17, 15) is 9.70 Å². The van der Waals surface area contributed by atoms with Crippen LogP contribution in [0.5, 0.6) is 11.5 Å². The summed E-state index contributed by atoms with van der Waals surface area (Å²) < 4.78 is 11.3. The number of fused-ring (bicyclic) bond motifs is 2. The summed E-state index contributed by atoms with van der Waals surface area (Å²) in [6, 6.07) is 10.4. The molecule has 0 fully saturated rings. The van der Waals surface area contributed by atoms with Gasteiger partial charge < -0.3 is 19.2 Å². The van der Waals surface area contributed by atoms with Gasteiger partial charge in [0.05, 0.1) is 12.7 Å². The second-order valence-electron chi connectivity index (χ2n) is 6.01. The molecule has 2 aromatic heterocycles. The Hall–Kier alpha value is -3.61. The molecule has 7 heteroatoms. The van der Waals surface area contributed by atoms with Crippen LogP contribution in [0.2, 0.25) is 0 Å². The van der Waals surface area contributed by atoms with Crippen LogP contribution in [0.4, 0.5) is 5.69 Å². The summed E-state index contributed by atoms with van der Waals surface area (Å²) in [4.78, 5) is 25.4. The van der Waals surface area contributed by atoms with Crippen LogP contribution in [-0.2, 0) is 11.2 Å². The van der Waals surface area contributed by atoms with Gasteiger partial charge in [0.1, 0.15) is 11.3 Å². The highest BCUT2D eigenvalue weighted by Crippen LogP contribution is 2.39. The van der Waals surface area contributed by atoms with Gasteiger partial charge in [-0.05, 0) is 42.4 Å². The number of aromatic nitrogens is 1. The third-order valence-corrected chi connectivity index (χ3v) is 4.16. The van der Waals surface area contributed by atoms with Crippen molar-refractivity contribution in [3.8, 4) is 11.5 Å². The molecule has 4 rings (SSSR count). The number of aliphatic carboxylic acids is 1. The maximum Gasteiger partial charge on any atom is 0.307 e. The SMILES string of the molecule is Cc1cc2c(N=O)c(Oc3ccc4c(CC(=O)O)coc4c3)ccc2[nH]1. The van der Waals surface area contributed by atoms with Gasteiger partial charge in [-0.2, -0.15) is 0 Å². The number of nitroso groups, excluding NO2 is 1. The fraction of sp³-hybridized carbons (Fsp3) is 0.105. The van der Waals surface area contributed by atoms with E-state index in [4.69, 9.17) is 14.3 Å². The van der Waals surface area contributed by atoms with E-state index in [0.717, 1.165) is 11.2 Å². The molecule has 0 amide bonds. The van der Waals surface area contributed by atoms with Crippen LogP contribution in [0.1, 0.15) is 11.3 Å². The molecule has 0 atom stereocenters. The molecule has 26 heavy (non-hydrogen) atoms. The van der Waals surface area contributed by atoms with E-state index in [1.54, 1.807) is 24.3 Å². The smallest absolute Gasteiger partial charge is 0.307 e. The van der Waals surface area contributed by atoms with Crippen molar-refractivity contribution in [1.82, 2.24) is 4.98 Å². The van der Waals surface area contributed by atoms with Crippen LogP contribution in [0.25, 0.3) is 21.9 Å². The summed E-state index contributed by atoms with van der Waals surface area (Å²) in [5, 5.41) is 13.5. The fourth-order valence-corrected chi connectivity index (χ4v) is 3.04. The molecular formula is C19H14N2O5. The van der Waals surface area contributed by atoms with Crippen LogP contribution in [0, 0.1) is 11.8 Å². The Bertz CT molecular complexity index is 1160. The Labute approximate surface area is 147 Å². The molecule has 0 saturated heterocycles. The molecule has 0 aliphatic carbocycles. The number of H-pyrrole nitrogens is 1. The van der Waals surface area contributed by atoms with E-state index in [-0.39, 0.29) is 12.1 Å². The lowest BCUT2D eigenvalue weighted by molar-refractivity contribution is -0.136. The number of carbonyl (C=O) groups is 1. The Morgan fingerprint density at radius 1 is 1.23 bits per heavy atom. The van der Waals surface area contributed by atoms with Crippen molar-refractivity contribution in [2.24, 2.45) is 5.18 Å². The first kappa shape index (κ1) is 15.9. The highest BCUT2D eigenvalue weighted by atomic mass is 16.5. The summed E-state index contributed by atoms with van der Waals surface area (Å²) in [5.41, 5.74) is 3.06. The van der Waals surface area contributed by atoms with E-state index in [1.165, 1.54) is 6.26 Å². The predicted octanol–water partition coefficient (Wildman–Crippen LogP) is 5.04. The van der Waals surface area contributed by atoms with E-state index in [0.29, 0.717) is 33.4 Å². The Balaban J connectivity index is 1.72. The van der Waals surface area contributed by atoms with Crippen molar-refractivity contribution >= 4 is 33.5 Å². The number of benzene rings is 2. The number of rotatable bonds is 5. The van der Waals surface area contributed by atoms with E-state index >= 15 is 0 Å². The Morgan fingerprint density at radius 3 is 2.85 bits per heavy atom. The number of aromatic amines is 1. The molecule has 0 saturated carbocycles. The maximum absolute atomic E-state index is 11.3. The normalized spacial score (nSPS) is 11.1. The number of aryl methyl sites for hydroxylation is 1. The molecule has 0 spiro atoms. The lowest BCUT2D eigenvalue weighted by Crippen LogP contribution is -1.98. The number of furan rings is 1. The lowest BCUT2D eigenvalue weighted by Gasteiger charge is -2.08. The van der Waals surface area contributed by atoms with Crippen molar-refractivity contribution in [2.75, 3.05) is 0 Å². The second-order valence-corrected chi connectivity index (χ2v) is 6.01. The molecule has 0 aliphatic rings. The van der Waals surface area contributed by atoms with Gasteiger partial charge in [-0.3, -0.25) is 4.79 Å². The van der Waals surface area contributed by atoms with Crippen LogP contribution >= 0.6 is 0 Å². The van der Waals surface area contributed by atoms with Crippen LogP contribution in [0.15, 0.2) is 52.3 Å². The van der Waals surface area contributed by atoms with Gasteiger partial charge in [0.15, 0.2) is 11.4 Å². The van der Waals surface area contributed by atoms with E-state index in [2.05, 4.69) is 10.2 Å². The zero-order valence-corrected chi connectivity index (χ0v) is 13.8. The van der Waals surface area contributed by atoms with Crippen molar-refractivity contribution in [3.05, 3.63) is 58.8 Å². The zero-order valence-electron chi connectivity index (χ0n) is 13.8. The van der Waals surface area contributed by atoms with E-state index in [1.807, 2.05) is 19.1 Å². The van der Waals surface area contributed by atoms with Crippen LogP contribution in [0.3, 0.4) is 0 Å². The molecule has 4 aromatic rings. The summed E-state index contributed by atoms with van der Waals surface area (Å²) in [6.07, 6.45) is 1.31. The zero-order chi connectivity index (χ0) is 18.3. The number of nitrogens with zero attached hydrogens (tertiary/aromatic N) is 1. The van der Waals surface area contributed by atoms with Gasteiger partial charge >= 0.3 is 5.97 Å². The van der Waals surface area contributed by atoms with Gasteiger partial charge in [-0.15, -0.1) is 4.91 Å². The number of nitrogens with one attached hydrogen (secondary N) is 1.